The number of nitrogens with zero attached hydrogens (tertiary/aromatic N) is 1. The third-order valence-corrected chi connectivity index (χ3v) is 7.73. The highest BCUT2D eigenvalue weighted by atomic mass is 32.2. The van der Waals surface area contributed by atoms with Gasteiger partial charge in [0.2, 0.25) is 15.9 Å². The smallest absolute Gasteiger partial charge is 0.244 e. The van der Waals surface area contributed by atoms with Crippen LogP contribution in [0.2, 0.25) is 0 Å². The number of hydrogen-bond donors (Lipinski definition) is 4. The first-order valence-electron chi connectivity index (χ1n) is 11.8. The summed E-state index contributed by atoms with van der Waals surface area (Å²) in [6, 6.07) is 3.44. The minimum Gasteiger partial charge on any atom is -0.493 e. The van der Waals surface area contributed by atoms with Crippen molar-refractivity contribution in [2.45, 2.75) is 19.3 Å². The molecular weight excluding hydrogens is 496 g/mol. The summed E-state index contributed by atoms with van der Waals surface area (Å²) < 4.78 is 38.6. The second kappa shape index (κ2) is 11.6. The van der Waals surface area contributed by atoms with Crippen molar-refractivity contribution in [2.24, 2.45) is 5.92 Å². The van der Waals surface area contributed by atoms with Gasteiger partial charge >= 0.3 is 0 Å². The van der Waals surface area contributed by atoms with E-state index in [-0.39, 0.29) is 31.5 Å². The highest BCUT2D eigenvalue weighted by molar-refractivity contribution is 7.93. The number of pyridine rings is 1. The molecular formula is C26H30N4O6S. The standard InChI is InChI=1S/C26H30N4O6S/c1-35-23-14-19(18-4-6-22(7-5-18)37(33,34)30-10-11-31)12-20-13-21(36-26(20)23)16-29-25(32)9-3-17-2-8-24(27)28-15-17/h2-4,6,8-9,13-15,20,30-31H,5,7,10-12,16H2,1H3,(H2,27,28)(H,29,32). The molecule has 3 aliphatic rings. The Morgan fingerprint density at radius 3 is 2.81 bits per heavy atom. The van der Waals surface area contributed by atoms with Crippen molar-refractivity contribution in [2.75, 3.05) is 32.5 Å². The molecule has 11 heteroatoms. The van der Waals surface area contributed by atoms with Gasteiger partial charge in [-0.05, 0) is 72.4 Å². The third-order valence-electron chi connectivity index (χ3n) is 6.12. The second-order valence-electron chi connectivity index (χ2n) is 8.66. The molecule has 4 rings (SSSR count). The molecule has 0 bridgehead atoms. The van der Waals surface area contributed by atoms with E-state index >= 15 is 0 Å². The predicted octanol–water partition coefficient (Wildman–Crippen LogP) is 2.03. The lowest BCUT2D eigenvalue weighted by atomic mass is 9.85. The Morgan fingerprint density at radius 2 is 2.14 bits per heavy atom. The quantitative estimate of drug-likeness (QED) is 0.338. The van der Waals surface area contributed by atoms with Gasteiger partial charge in [-0.2, -0.15) is 0 Å². The van der Waals surface area contributed by atoms with Gasteiger partial charge in [-0.25, -0.2) is 18.1 Å². The highest BCUT2D eigenvalue weighted by Gasteiger charge is 2.33. The monoisotopic (exact) mass is 526 g/mol. The number of amides is 1. The van der Waals surface area contributed by atoms with Gasteiger partial charge in [-0.3, -0.25) is 4.79 Å². The molecule has 1 aromatic rings. The van der Waals surface area contributed by atoms with E-state index < -0.39 is 10.0 Å². The molecule has 0 spiro atoms. The van der Waals surface area contributed by atoms with Crippen LogP contribution in [-0.4, -0.2) is 51.2 Å². The molecule has 1 aromatic heterocycles. The molecule has 2 aliphatic carbocycles. The number of carbonyl (C=O) groups excluding carboxylic acids is 1. The van der Waals surface area contributed by atoms with Crippen LogP contribution in [-0.2, 0) is 24.3 Å². The number of anilines is 1. The van der Waals surface area contributed by atoms with E-state index in [1.165, 1.54) is 6.08 Å². The number of nitrogen functional groups attached to an aromatic ring is 1. The predicted molar refractivity (Wildman–Crippen MR) is 139 cm³/mol. The van der Waals surface area contributed by atoms with Gasteiger partial charge in [0.1, 0.15) is 11.6 Å². The summed E-state index contributed by atoms with van der Waals surface area (Å²) in [4.78, 5) is 16.5. The molecule has 0 radical (unpaired) electrons. The highest BCUT2D eigenvalue weighted by Crippen LogP contribution is 2.42. The fourth-order valence-electron chi connectivity index (χ4n) is 4.24. The fourth-order valence-corrected chi connectivity index (χ4v) is 5.41. The number of nitrogens with one attached hydrogen (secondary N) is 2. The molecule has 10 nitrogen and oxygen atoms in total. The molecule has 1 unspecified atom stereocenters. The summed E-state index contributed by atoms with van der Waals surface area (Å²) in [5.74, 6) is 2.03. The van der Waals surface area contributed by atoms with Gasteiger partial charge in [-0.1, -0.05) is 6.08 Å². The molecule has 2 heterocycles. The van der Waals surface area contributed by atoms with Crippen molar-refractivity contribution in [3.8, 4) is 0 Å². The summed E-state index contributed by atoms with van der Waals surface area (Å²) in [7, 11) is -2.02. The van der Waals surface area contributed by atoms with E-state index in [1.54, 1.807) is 37.6 Å². The molecule has 0 aromatic carbocycles. The van der Waals surface area contributed by atoms with Crippen molar-refractivity contribution < 1.29 is 27.8 Å². The SMILES string of the molecule is COC1=C2OC(CNC(=O)C=Cc3ccc(N)nc3)=CC2CC(C2=CC=C(S(=O)(=O)NCCO)CC2)=C1. The Bertz CT molecular complexity index is 1340. The maximum absolute atomic E-state index is 12.3. The number of hydrogen-bond acceptors (Lipinski definition) is 8. The largest absolute Gasteiger partial charge is 0.493 e. The number of aliphatic hydroxyl groups is 1. The molecule has 0 saturated carbocycles. The summed E-state index contributed by atoms with van der Waals surface area (Å²) in [5, 5.41) is 11.7. The first-order valence-corrected chi connectivity index (χ1v) is 13.3. The van der Waals surface area contributed by atoms with Crippen molar-refractivity contribution in [3.05, 3.63) is 87.6 Å². The topological polar surface area (TPSA) is 153 Å². The lowest BCUT2D eigenvalue weighted by Crippen LogP contribution is -2.28. The average Bonchev–Trinajstić information content (AvgIpc) is 3.33. The molecule has 1 atom stereocenters. The lowest BCUT2D eigenvalue weighted by Gasteiger charge is -2.24. The first-order chi connectivity index (χ1) is 17.8. The number of aliphatic hydroxyl groups excluding tert-OH is 1. The van der Waals surface area contributed by atoms with Crippen LogP contribution in [0.3, 0.4) is 0 Å². The Morgan fingerprint density at radius 1 is 1.30 bits per heavy atom. The molecule has 1 amide bonds. The normalized spacial score (nSPS) is 19.5. The summed E-state index contributed by atoms with van der Waals surface area (Å²) in [6.07, 6.45) is 13.6. The van der Waals surface area contributed by atoms with Gasteiger partial charge in [-0.15, -0.1) is 0 Å². The van der Waals surface area contributed by atoms with Crippen LogP contribution in [0.5, 0.6) is 0 Å². The minimum atomic E-state index is -3.60. The summed E-state index contributed by atoms with van der Waals surface area (Å²) in [5.41, 5.74) is 8.41. The Balaban J connectivity index is 1.39. The number of rotatable bonds is 10. The van der Waals surface area contributed by atoms with E-state index in [1.807, 2.05) is 18.2 Å². The zero-order chi connectivity index (χ0) is 26.4. The molecule has 0 fully saturated rings. The molecule has 0 saturated heterocycles. The first kappa shape index (κ1) is 26.4. The zero-order valence-corrected chi connectivity index (χ0v) is 21.3. The van der Waals surface area contributed by atoms with E-state index in [0.29, 0.717) is 47.3 Å². The van der Waals surface area contributed by atoms with Gasteiger partial charge < -0.3 is 25.6 Å². The van der Waals surface area contributed by atoms with E-state index in [9.17, 15) is 13.2 Å². The molecule has 1 aliphatic heterocycles. The minimum absolute atomic E-state index is 0.0146. The van der Waals surface area contributed by atoms with Crippen molar-refractivity contribution >= 4 is 27.8 Å². The Kier molecular flexibility index (Phi) is 8.27. The van der Waals surface area contributed by atoms with Crippen molar-refractivity contribution in [1.29, 1.82) is 0 Å². The average molecular weight is 527 g/mol. The van der Waals surface area contributed by atoms with Crippen LogP contribution >= 0.6 is 0 Å². The summed E-state index contributed by atoms with van der Waals surface area (Å²) >= 11 is 0. The number of methoxy groups -OCH3 is 1. The maximum atomic E-state index is 12.3. The van der Waals surface area contributed by atoms with Gasteiger partial charge in [0, 0.05) is 24.7 Å². The van der Waals surface area contributed by atoms with Crippen LogP contribution in [0.1, 0.15) is 24.8 Å². The zero-order valence-electron chi connectivity index (χ0n) is 20.4. The summed E-state index contributed by atoms with van der Waals surface area (Å²) in [6.45, 7) is -0.0437. The molecule has 5 N–H and O–H groups in total. The van der Waals surface area contributed by atoms with E-state index in [4.69, 9.17) is 20.3 Å². The second-order valence-corrected chi connectivity index (χ2v) is 10.5. The van der Waals surface area contributed by atoms with Crippen LogP contribution in [0, 0.1) is 5.92 Å². The van der Waals surface area contributed by atoms with Crippen LogP contribution in [0.15, 0.2) is 82.0 Å². The number of carbonyl (C=O) groups is 1. The number of nitrogens with two attached hydrogens (primary N) is 1. The van der Waals surface area contributed by atoms with Crippen LogP contribution < -0.4 is 15.8 Å². The number of ether oxygens (including phenoxy) is 2. The molecule has 37 heavy (non-hydrogen) atoms. The van der Waals surface area contributed by atoms with Crippen molar-refractivity contribution in [3.63, 3.8) is 0 Å². The number of sulfonamides is 1. The van der Waals surface area contributed by atoms with Gasteiger partial charge in [0.05, 0.1) is 25.2 Å². The van der Waals surface area contributed by atoms with Crippen LogP contribution in [0.25, 0.3) is 6.08 Å². The number of aromatic nitrogens is 1. The molecule has 196 valence electrons. The van der Waals surface area contributed by atoms with E-state index in [2.05, 4.69) is 15.0 Å². The Hall–Kier alpha value is -3.67. The van der Waals surface area contributed by atoms with Crippen LogP contribution in [0.4, 0.5) is 5.82 Å². The fraction of sp³-hybridized carbons (Fsp3) is 0.308. The number of fused-ring (bicyclic) bond motifs is 1. The van der Waals surface area contributed by atoms with Gasteiger partial charge in [0.15, 0.2) is 11.5 Å². The van der Waals surface area contributed by atoms with Gasteiger partial charge in [0.25, 0.3) is 0 Å². The maximum Gasteiger partial charge on any atom is 0.244 e. The Labute approximate surface area is 216 Å². The lowest BCUT2D eigenvalue weighted by molar-refractivity contribution is -0.116. The van der Waals surface area contributed by atoms with Crippen molar-refractivity contribution in [1.82, 2.24) is 15.0 Å². The third kappa shape index (κ3) is 6.56. The van der Waals surface area contributed by atoms with E-state index in [0.717, 1.165) is 16.7 Å². The number of allylic oxidation sites excluding steroid dienone is 7.